The first-order valence-corrected chi connectivity index (χ1v) is 9.29. The highest BCUT2D eigenvalue weighted by molar-refractivity contribution is 8.14. The Morgan fingerprint density at radius 3 is 2.75 bits per heavy atom. The van der Waals surface area contributed by atoms with Gasteiger partial charge in [-0.05, 0) is 36.8 Å². The van der Waals surface area contributed by atoms with Crippen molar-refractivity contribution < 1.29 is 4.74 Å². The van der Waals surface area contributed by atoms with E-state index in [2.05, 4.69) is 47.1 Å². The smallest absolute Gasteiger partial charge is 0.160 e. The minimum atomic E-state index is 0.0548. The number of pyridine rings is 1. The summed E-state index contributed by atoms with van der Waals surface area (Å²) in [6.45, 7) is 5.99. The first-order valence-electron chi connectivity index (χ1n) is 8.41. The SMILES string of the molecule is CCOc1ccc([C@@H]2[C@@H](c3ccccn3)N=C3S[C@@H](C)CN32)cc1. The summed E-state index contributed by atoms with van der Waals surface area (Å²) in [5, 5.41) is 1.73. The fourth-order valence-electron chi connectivity index (χ4n) is 3.41. The van der Waals surface area contributed by atoms with Crippen LogP contribution in [-0.4, -0.2) is 33.5 Å². The van der Waals surface area contributed by atoms with Crippen LogP contribution in [0.5, 0.6) is 5.75 Å². The Morgan fingerprint density at radius 1 is 1.21 bits per heavy atom. The summed E-state index contributed by atoms with van der Waals surface area (Å²) in [6.07, 6.45) is 1.85. The molecule has 1 fully saturated rings. The van der Waals surface area contributed by atoms with Crippen molar-refractivity contribution >= 4 is 16.9 Å². The van der Waals surface area contributed by atoms with Gasteiger partial charge in [-0.15, -0.1) is 0 Å². The maximum Gasteiger partial charge on any atom is 0.160 e. The summed E-state index contributed by atoms with van der Waals surface area (Å²) >= 11 is 1.87. The second-order valence-corrected chi connectivity index (χ2v) is 7.54. The number of ether oxygens (including phenoxy) is 1. The van der Waals surface area contributed by atoms with Gasteiger partial charge in [0.1, 0.15) is 11.8 Å². The quantitative estimate of drug-likeness (QED) is 0.841. The van der Waals surface area contributed by atoms with Gasteiger partial charge in [-0.25, -0.2) is 0 Å². The van der Waals surface area contributed by atoms with Crippen LogP contribution in [0, 0.1) is 0 Å². The van der Waals surface area contributed by atoms with Gasteiger partial charge in [0, 0.05) is 18.0 Å². The normalized spacial score (nSPS) is 25.5. The highest BCUT2D eigenvalue weighted by Crippen LogP contribution is 2.47. The van der Waals surface area contributed by atoms with E-state index < -0.39 is 0 Å². The third-order valence-corrected chi connectivity index (χ3v) is 5.52. The molecular weight excluding hydrogens is 318 g/mol. The molecule has 4 nitrogen and oxygen atoms in total. The van der Waals surface area contributed by atoms with Crippen LogP contribution in [0.15, 0.2) is 53.7 Å². The number of nitrogens with zero attached hydrogens (tertiary/aromatic N) is 3. The van der Waals surface area contributed by atoms with Gasteiger partial charge in [0.05, 0.1) is 18.3 Å². The molecule has 2 aliphatic rings. The summed E-state index contributed by atoms with van der Waals surface area (Å²) in [4.78, 5) is 12.0. The van der Waals surface area contributed by atoms with E-state index in [4.69, 9.17) is 9.73 Å². The van der Waals surface area contributed by atoms with Gasteiger partial charge in [-0.2, -0.15) is 0 Å². The molecule has 2 aromatic rings. The van der Waals surface area contributed by atoms with Crippen molar-refractivity contribution in [2.24, 2.45) is 4.99 Å². The Hall–Kier alpha value is -2.01. The second-order valence-electron chi connectivity index (χ2n) is 6.14. The number of aliphatic imine (C=N–C) groups is 1. The van der Waals surface area contributed by atoms with Crippen molar-refractivity contribution in [3.8, 4) is 5.75 Å². The lowest BCUT2D eigenvalue weighted by atomic mass is 9.96. The molecule has 4 rings (SSSR count). The highest BCUT2D eigenvalue weighted by atomic mass is 32.2. The molecule has 124 valence electrons. The average molecular weight is 339 g/mol. The Labute approximate surface area is 147 Å². The van der Waals surface area contributed by atoms with E-state index in [1.165, 1.54) is 5.56 Å². The summed E-state index contributed by atoms with van der Waals surface area (Å²) < 4.78 is 5.58. The number of fused-ring (bicyclic) bond motifs is 1. The first-order chi connectivity index (χ1) is 11.8. The lowest BCUT2D eigenvalue weighted by Crippen LogP contribution is -2.28. The van der Waals surface area contributed by atoms with Gasteiger partial charge >= 0.3 is 0 Å². The number of hydrogen-bond acceptors (Lipinski definition) is 5. The van der Waals surface area contributed by atoms with Crippen LogP contribution in [0.4, 0.5) is 0 Å². The largest absolute Gasteiger partial charge is 0.494 e. The number of benzene rings is 1. The number of aromatic nitrogens is 1. The fourth-order valence-corrected chi connectivity index (χ4v) is 4.50. The minimum Gasteiger partial charge on any atom is -0.494 e. The Kier molecular flexibility index (Phi) is 4.19. The van der Waals surface area contributed by atoms with Crippen molar-refractivity contribution in [3.05, 3.63) is 59.9 Å². The molecule has 0 aliphatic carbocycles. The van der Waals surface area contributed by atoms with Gasteiger partial charge < -0.3 is 9.64 Å². The molecule has 5 heteroatoms. The number of amidine groups is 1. The lowest BCUT2D eigenvalue weighted by molar-refractivity contribution is 0.319. The number of hydrogen-bond donors (Lipinski definition) is 0. The minimum absolute atomic E-state index is 0.0548. The molecule has 3 atom stereocenters. The number of rotatable bonds is 4. The zero-order valence-electron chi connectivity index (χ0n) is 13.9. The van der Waals surface area contributed by atoms with Crippen molar-refractivity contribution in [2.75, 3.05) is 13.2 Å². The molecular formula is C19H21N3OS. The van der Waals surface area contributed by atoms with Crippen LogP contribution in [0.3, 0.4) is 0 Å². The maximum absolute atomic E-state index is 5.58. The Bertz CT molecular complexity index is 732. The third-order valence-electron chi connectivity index (χ3n) is 4.41. The van der Waals surface area contributed by atoms with Gasteiger partial charge in [0.2, 0.25) is 0 Å². The number of thioether (sulfide) groups is 1. The zero-order valence-corrected chi connectivity index (χ0v) is 14.7. The topological polar surface area (TPSA) is 37.7 Å². The molecule has 1 aromatic carbocycles. The lowest BCUT2D eigenvalue weighted by Gasteiger charge is -2.27. The zero-order chi connectivity index (χ0) is 16.5. The van der Waals surface area contributed by atoms with E-state index in [1.54, 1.807) is 0 Å². The highest BCUT2D eigenvalue weighted by Gasteiger charge is 2.43. The van der Waals surface area contributed by atoms with Crippen molar-refractivity contribution in [3.63, 3.8) is 0 Å². The summed E-state index contributed by atoms with van der Waals surface area (Å²) in [6, 6.07) is 14.8. The second kappa shape index (κ2) is 6.48. The van der Waals surface area contributed by atoms with Crippen molar-refractivity contribution in [1.29, 1.82) is 0 Å². The van der Waals surface area contributed by atoms with Crippen LogP contribution >= 0.6 is 11.8 Å². The van der Waals surface area contributed by atoms with E-state index in [1.807, 2.05) is 37.0 Å². The molecule has 2 aliphatic heterocycles. The predicted molar refractivity (Wildman–Crippen MR) is 98.5 cm³/mol. The molecule has 3 heterocycles. The predicted octanol–water partition coefficient (Wildman–Crippen LogP) is 4.07. The fraction of sp³-hybridized carbons (Fsp3) is 0.368. The standard InChI is InChI=1S/C19H21N3OS/c1-3-23-15-9-7-14(8-10-15)18-17(16-6-4-5-11-20-16)21-19-22(18)12-13(2)24-19/h4-11,13,17-18H,3,12H2,1-2H3/t13-,17+,18+/m0/s1. The molecule has 24 heavy (non-hydrogen) atoms. The van der Waals surface area contributed by atoms with E-state index in [0.717, 1.165) is 23.2 Å². The van der Waals surface area contributed by atoms with Crippen molar-refractivity contribution in [2.45, 2.75) is 31.2 Å². The van der Waals surface area contributed by atoms with Gasteiger partial charge in [-0.3, -0.25) is 9.98 Å². The summed E-state index contributed by atoms with van der Waals surface area (Å²) in [5.41, 5.74) is 2.30. The van der Waals surface area contributed by atoms with Crippen molar-refractivity contribution in [1.82, 2.24) is 9.88 Å². The van der Waals surface area contributed by atoms with Crippen LogP contribution in [0.2, 0.25) is 0 Å². The summed E-state index contributed by atoms with van der Waals surface area (Å²) in [5.74, 6) is 0.916. The molecule has 1 saturated heterocycles. The van der Waals surface area contributed by atoms with Crippen LogP contribution in [0.25, 0.3) is 0 Å². The van der Waals surface area contributed by atoms with Gasteiger partial charge in [-0.1, -0.05) is 36.9 Å². The molecule has 0 amide bonds. The molecule has 0 N–H and O–H groups in total. The molecule has 0 unspecified atom stereocenters. The Balaban J connectivity index is 1.70. The van der Waals surface area contributed by atoms with Gasteiger partial charge in [0.25, 0.3) is 0 Å². The Morgan fingerprint density at radius 2 is 2.04 bits per heavy atom. The molecule has 1 aromatic heterocycles. The van der Waals surface area contributed by atoms with E-state index >= 15 is 0 Å². The maximum atomic E-state index is 5.58. The average Bonchev–Trinajstić information content (AvgIpc) is 3.13. The van der Waals surface area contributed by atoms with Gasteiger partial charge in [0.15, 0.2) is 5.17 Å². The van der Waals surface area contributed by atoms with Crippen LogP contribution < -0.4 is 4.74 Å². The molecule has 0 bridgehead atoms. The molecule has 0 radical (unpaired) electrons. The van der Waals surface area contributed by atoms with E-state index in [-0.39, 0.29) is 12.1 Å². The monoisotopic (exact) mass is 339 g/mol. The molecule has 0 saturated carbocycles. The van der Waals surface area contributed by atoms with E-state index in [9.17, 15) is 0 Å². The van der Waals surface area contributed by atoms with E-state index in [0.29, 0.717) is 11.9 Å². The van der Waals surface area contributed by atoms with Crippen LogP contribution in [0.1, 0.15) is 37.2 Å². The summed E-state index contributed by atoms with van der Waals surface area (Å²) in [7, 11) is 0. The van der Waals surface area contributed by atoms with Crippen LogP contribution in [-0.2, 0) is 0 Å². The molecule has 0 spiro atoms. The first kappa shape index (κ1) is 15.5. The third kappa shape index (κ3) is 2.77.